The molecule has 0 saturated carbocycles. The number of nitrogens with zero attached hydrogens (tertiary/aromatic N) is 6. The molecule has 192 valence electrons. The molecule has 3 aromatic carbocycles. The zero-order chi connectivity index (χ0) is 26.1. The zero-order valence-electron chi connectivity index (χ0n) is 21.7. The molecule has 0 radical (unpaired) electrons. The van der Waals surface area contributed by atoms with E-state index in [1.165, 1.54) is 5.69 Å². The maximum Gasteiger partial charge on any atom is 0.253 e. The van der Waals surface area contributed by atoms with Crippen LogP contribution in [0.1, 0.15) is 34.1 Å². The lowest BCUT2D eigenvalue weighted by Gasteiger charge is -2.39. The number of benzene rings is 3. The highest BCUT2D eigenvalue weighted by Gasteiger charge is 2.33. The van der Waals surface area contributed by atoms with Gasteiger partial charge in [0, 0.05) is 48.3 Å². The second-order valence-corrected chi connectivity index (χ2v) is 10.0. The van der Waals surface area contributed by atoms with Crippen LogP contribution in [0.4, 0.5) is 5.69 Å². The van der Waals surface area contributed by atoms with Gasteiger partial charge < -0.3 is 9.88 Å². The average Bonchev–Trinajstić information content (AvgIpc) is 3.38. The summed E-state index contributed by atoms with van der Waals surface area (Å²) < 4.78 is 1.83. The monoisotopic (exact) mass is 505 g/mol. The Kier molecular flexibility index (Phi) is 6.47. The van der Waals surface area contributed by atoms with Gasteiger partial charge in [0.05, 0.1) is 6.54 Å². The van der Waals surface area contributed by atoms with Crippen molar-refractivity contribution < 1.29 is 0 Å². The molecular formula is C30H31N7O. The first kappa shape index (κ1) is 24.1. The summed E-state index contributed by atoms with van der Waals surface area (Å²) in [6, 6.07) is 26.5. The van der Waals surface area contributed by atoms with Gasteiger partial charge in [0.1, 0.15) is 6.04 Å². The lowest BCUT2D eigenvalue weighted by molar-refractivity contribution is 0.200. The van der Waals surface area contributed by atoms with E-state index in [4.69, 9.17) is 0 Å². The summed E-state index contributed by atoms with van der Waals surface area (Å²) in [6.45, 7) is 7.93. The molecule has 1 fully saturated rings. The van der Waals surface area contributed by atoms with Gasteiger partial charge in [-0.15, -0.1) is 5.10 Å². The molecule has 1 atom stereocenters. The minimum absolute atomic E-state index is 0.104. The minimum Gasteiger partial charge on any atom is -0.369 e. The molecule has 0 unspecified atom stereocenters. The highest BCUT2D eigenvalue weighted by molar-refractivity contribution is 5.83. The molecule has 0 spiro atoms. The Morgan fingerprint density at radius 1 is 0.895 bits per heavy atom. The topological polar surface area (TPSA) is 82.9 Å². The number of fused-ring (bicyclic) bond motifs is 1. The van der Waals surface area contributed by atoms with Gasteiger partial charge in [-0.25, -0.2) is 4.68 Å². The first-order valence-corrected chi connectivity index (χ1v) is 13.0. The van der Waals surface area contributed by atoms with Crippen LogP contribution in [0, 0.1) is 13.8 Å². The molecule has 5 aromatic rings. The van der Waals surface area contributed by atoms with Crippen LogP contribution in [0.25, 0.3) is 10.9 Å². The number of pyridine rings is 1. The molecule has 2 aromatic heterocycles. The fourth-order valence-electron chi connectivity index (χ4n) is 5.54. The fourth-order valence-corrected chi connectivity index (χ4v) is 5.54. The Hall–Kier alpha value is -4.30. The second kappa shape index (κ2) is 10.2. The van der Waals surface area contributed by atoms with Crippen molar-refractivity contribution in [1.29, 1.82) is 0 Å². The molecule has 0 amide bonds. The number of nitrogens with one attached hydrogen (secondary N) is 1. The highest BCUT2D eigenvalue weighted by atomic mass is 16.1. The maximum atomic E-state index is 13.6. The number of H-pyrrole nitrogens is 1. The third-order valence-corrected chi connectivity index (χ3v) is 7.42. The average molecular weight is 506 g/mol. The van der Waals surface area contributed by atoms with Crippen molar-refractivity contribution in [3.8, 4) is 0 Å². The minimum atomic E-state index is -0.375. The number of hydrogen-bond acceptors (Lipinski definition) is 6. The van der Waals surface area contributed by atoms with Crippen molar-refractivity contribution in [3.05, 3.63) is 117 Å². The third-order valence-electron chi connectivity index (χ3n) is 7.42. The van der Waals surface area contributed by atoms with Gasteiger partial charge in [0.15, 0.2) is 5.82 Å². The molecule has 38 heavy (non-hydrogen) atoms. The van der Waals surface area contributed by atoms with Crippen molar-refractivity contribution in [2.75, 3.05) is 31.1 Å². The Morgan fingerprint density at radius 2 is 1.61 bits per heavy atom. The number of aryl methyl sites for hydroxylation is 2. The standard InChI is InChI=1S/C30H31N7O/c1-21-17-22(2)25-19-26(30(38)31-27(25)18-21)28(29-32-33-34-37(29)20-23-9-5-3-6-10-23)36-15-13-35(14-16-36)24-11-7-4-8-12-24/h3-12,17-19,28H,13-16,20H2,1-2H3,(H,31,38)/t28-/m1/s1. The Morgan fingerprint density at radius 3 is 2.34 bits per heavy atom. The van der Waals surface area contributed by atoms with E-state index in [1.54, 1.807) is 0 Å². The molecule has 0 bridgehead atoms. The maximum absolute atomic E-state index is 13.6. The van der Waals surface area contributed by atoms with Crippen molar-refractivity contribution in [2.24, 2.45) is 0 Å². The lowest BCUT2D eigenvalue weighted by atomic mass is 9.99. The second-order valence-electron chi connectivity index (χ2n) is 10.0. The predicted molar refractivity (Wildman–Crippen MR) is 149 cm³/mol. The van der Waals surface area contributed by atoms with E-state index >= 15 is 0 Å². The SMILES string of the molecule is Cc1cc(C)c2cc([C@H](c3nnnn3Cc3ccccc3)N3CCN(c4ccccc4)CC3)c(=O)[nH]c2c1. The summed E-state index contributed by atoms with van der Waals surface area (Å²) in [6.07, 6.45) is 0. The molecular weight excluding hydrogens is 474 g/mol. The van der Waals surface area contributed by atoms with E-state index in [2.05, 4.69) is 79.7 Å². The number of para-hydroxylation sites is 1. The molecule has 1 N–H and O–H groups in total. The van der Waals surface area contributed by atoms with Crippen molar-refractivity contribution >= 4 is 16.6 Å². The van der Waals surface area contributed by atoms with E-state index in [9.17, 15) is 4.79 Å². The first-order chi connectivity index (χ1) is 18.6. The quantitative estimate of drug-likeness (QED) is 0.374. The summed E-state index contributed by atoms with van der Waals surface area (Å²) >= 11 is 0. The summed E-state index contributed by atoms with van der Waals surface area (Å²) in [5.41, 5.74) is 5.99. The smallest absolute Gasteiger partial charge is 0.253 e. The molecule has 6 rings (SSSR count). The largest absolute Gasteiger partial charge is 0.369 e. The van der Waals surface area contributed by atoms with Gasteiger partial charge in [-0.1, -0.05) is 54.6 Å². The van der Waals surface area contributed by atoms with E-state index < -0.39 is 0 Å². The third kappa shape index (κ3) is 4.70. The molecule has 1 saturated heterocycles. The van der Waals surface area contributed by atoms with Crippen LogP contribution in [0.2, 0.25) is 0 Å². The number of piperazine rings is 1. The molecule has 0 aliphatic carbocycles. The Labute approximate surface area is 221 Å². The number of aromatic nitrogens is 5. The first-order valence-electron chi connectivity index (χ1n) is 13.0. The number of hydrogen-bond donors (Lipinski definition) is 1. The van der Waals surface area contributed by atoms with Gasteiger partial charge in [-0.3, -0.25) is 9.69 Å². The molecule has 3 heterocycles. The highest BCUT2D eigenvalue weighted by Crippen LogP contribution is 2.30. The number of aromatic amines is 1. The van der Waals surface area contributed by atoms with E-state index in [-0.39, 0.29) is 11.6 Å². The van der Waals surface area contributed by atoms with Gasteiger partial charge in [0.2, 0.25) is 0 Å². The van der Waals surface area contributed by atoms with Gasteiger partial charge >= 0.3 is 0 Å². The van der Waals surface area contributed by atoms with E-state index in [0.717, 1.165) is 53.8 Å². The van der Waals surface area contributed by atoms with E-state index in [1.807, 2.05) is 48.0 Å². The summed E-state index contributed by atoms with van der Waals surface area (Å²) in [5, 5.41) is 13.9. The zero-order valence-corrected chi connectivity index (χ0v) is 21.7. The summed E-state index contributed by atoms with van der Waals surface area (Å²) in [7, 11) is 0. The number of rotatable bonds is 6. The Bertz CT molecular complexity index is 1600. The number of anilines is 1. The van der Waals surface area contributed by atoms with Crippen LogP contribution in [0.15, 0.2) is 83.7 Å². The predicted octanol–water partition coefficient (Wildman–Crippen LogP) is 4.09. The molecule has 1 aliphatic rings. The van der Waals surface area contributed by atoms with Crippen LogP contribution < -0.4 is 10.5 Å². The van der Waals surface area contributed by atoms with Gasteiger partial charge in [-0.05, 0) is 65.2 Å². The molecule has 1 aliphatic heterocycles. The Balaban J connectivity index is 1.41. The number of tetrazole rings is 1. The fraction of sp³-hybridized carbons (Fsp3) is 0.267. The van der Waals surface area contributed by atoms with Crippen molar-refractivity contribution in [3.63, 3.8) is 0 Å². The van der Waals surface area contributed by atoms with Gasteiger partial charge in [0.25, 0.3) is 5.56 Å². The van der Waals surface area contributed by atoms with Crippen LogP contribution in [0.5, 0.6) is 0 Å². The van der Waals surface area contributed by atoms with Crippen LogP contribution >= 0.6 is 0 Å². The van der Waals surface area contributed by atoms with Gasteiger partial charge in [-0.2, -0.15) is 0 Å². The van der Waals surface area contributed by atoms with Crippen LogP contribution in [-0.2, 0) is 6.54 Å². The van der Waals surface area contributed by atoms with Crippen molar-refractivity contribution in [2.45, 2.75) is 26.4 Å². The lowest BCUT2D eigenvalue weighted by Crippen LogP contribution is -2.49. The normalized spacial score (nSPS) is 15.2. The van der Waals surface area contributed by atoms with Crippen molar-refractivity contribution in [1.82, 2.24) is 30.1 Å². The molecule has 8 heteroatoms. The van der Waals surface area contributed by atoms with E-state index in [0.29, 0.717) is 17.9 Å². The summed E-state index contributed by atoms with van der Waals surface area (Å²) in [5.74, 6) is 0.677. The molecule has 8 nitrogen and oxygen atoms in total. The summed E-state index contributed by atoms with van der Waals surface area (Å²) in [4.78, 5) is 21.5. The van der Waals surface area contributed by atoms with Crippen LogP contribution in [-0.4, -0.2) is 56.3 Å². The van der Waals surface area contributed by atoms with Crippen LogP contribution in [0.3, 0.4) is 0 Å².